The molecule has 0 radical (unpaired) electrons. The van der Waals surface area contributed by atoms with E-state index >= 15 is 0 Å². The second-order valence-corrected chi connectivity index (χ2v) is 13.4. The number of hydrogen-bond donors (Lipinski definition) is 1. The fourth-order valence-electron chi connectivity index (χ4n) is 9.73. The minimum Gasteiger partial charge on any atom is -0.472 e. The average Bonchev–Trinajstić information content (AvgIpc) is 3.36. The average molecular weight is 559 g/mol. The third-order valence-corrected chi connectivity index (χ3v) is 11.3. The second-order valence-electron chi connectivity index (χ2n) is 13.4. The molecule has 3 saturated carbocycles. The molecule has 10 nitrogen and oxygen atoms in total. The molecule has 0 amide bonds. The summed E-state index contributed by atoms with van der Waals surface area (Å²) in [6, 6.07) is 1.80. The van der Waals surface area contributed by atoms with Gasteiger partial charge < -0.3 is 28.5 Å². The van der Waals surface area contributed by atoms with E-state index in [-0.39, 0.29) is 36.4 Å². The molecule has 6 rings (SSSR count). The topological polar surface area (TPSA) is 142 Å². The maximum absolute atomic E-state index is 14.5. The number of fused-ring (bicyclic) bond motifs is 5. The minimum absolute atomic E-state index is 0.104. The van der Waals surface area contributed by atoms with Crippen molar-refractivity contribution in [3.63, 3.8) is 0 Å². The van der Waals surface area contributed by atoms with Crippen LogP contribution in [0.25, 0.3) is 0 Å². The maximum atomic E-state index is 14.5. The number of methoxy groups -OCH3 is 1. The molecule has 1 aromatic heterocycles. The van der Waals surface area contributed by atoms with Gasteiger partial charge in [0.05, 0.1) is 32.0 Å². The van der Waals surface area contributed by atoms with Gasteiger partial charge >= 0.3 is 17.9 Å². The first-order valence-corrected chi connectivity index (χ1v) is 14.2. The largest absolute Gasteiger partial charge is 0.472 e. The molecule has 5 aliphatic rings. The van der Waals surface area contributed by atoms with Crippen molar-refractivity contribution in [1.29, 1.82) is 0 Å². The van der Waals surface area contributed by atoms with Crippen LogP contribution in [0.15, 0.2) is 23.0 Å². The summed E-state index contributed by atoms with van der Waals surface area (Å²) < 4.78 is 28.9. The lowest BCUT2D eigenvalue weighted by atomic mass is 9.37. The SMILES string of the molecule is CCC(=O)O[C@@H]1[C@@H]2C(=O)[C@](C)([C@H]3CC[C@]4(C)[C@@H](CC(=O)O[C@H]4c4ccoc4)[C@]34O[C@H]24)[C@@H]([C@H](O)C(=O)OC)C1(C)C. The number of carbonyl (C=O) groups is 4. The number of ketones is 1. The molecule has 3 aliphatic carbocycles. The van der Waals surface area contributed by atoms with E-state index in [1.54, 1.807) is 25.5 Å². The standard InChI is InChI=1S/C30H38O10/c1-7-17(31)38-24-19-22(34)29(5,21(27(24,2)3)20(33)26(35)36-6)15-8-10-28(4)16(30(15)25(19)40-30)12-18(32)39-23(28)14-9-11-37-13-14/h9,11,13,15-16,19-21,23-25,33H,7-8,10,12H2,1-6H3/t15-,16-,19+,20+,21+,23+,24-,25-,28-,29-,30-/m1/s1. The van der Waals surface area contributed by atoms with Gasteiger partial charge in [-0.15, -0.1) is 0 Å². The fraction of sp³-hybridized carbons (Fsp3) is 0.733. The van der Waals surface area contributed by atoms with Crippen LogP contribution in [0.4, 0.5) is 0 Å². The first-order chi connectivity index (χ1) is 18.8. The first kappa shape index (κ1) is 27.4. The summed E-state index contributed by atoms with van der Waals surface area (Å²) in [6.45, 7) is 9.27. The highest BCUT2D eigenvalue weighted by atomic mass is 16.6. The molecule has 2 aliphatic heterocycles. The highest BCUT2D eigenvalue weighted by molar-refractivity contribution is 5.94. The Bertz CT molecular complexity index is 1250. The van der Waals surface area contributed by atoms with Gasteiger partial charge in [-0.2, -0.15) is 0 Å². The Kier molecular flexibility index (Phi) is 5.93. The Labute approximate surface area is 233 Å². The highest BCUT2D eigenvalue weighted by Crippen LogP contribution is 2.77. The molecule has 1 aromatic rings. The number of furan rings is 1. The van der Waals surface area contributed by atoms with E-state index in [2.05, 4.69) is 6.92 Å². The predicted octanol–water partition coefficient (Wildman–Crippen LogP) is 3.15. The van der Waals surface area contributed by atoms with Gasteiger partial charge in [-0.25, -0.2) is 4.79 Å². The number of ether oxygens (including phenoxy) is 4. The molecule has 2 bridgehead atoms. The van der Waals surface area contributed by atoms with Gasteiger partial charge in [0.15, 0.2) is 6.10 Å². The van der Waals surface area contributed by atoms with E-state index in [9.17, 15) is 24.3 Å². The second kappa shape index (κ2) is 8.64. The molecule has 3 heterocycles. The van der Waals surface area contributed by atoms with Gasteiger partial charge in [0, 0.05) is 46.0 Å². The zero-order valence-electron chi connectivity index (χ0n) is 23.8. The van der Waals surface area contributed by atoms with Crippen LogP contribution in [-0.2, 0) is 38.1 Å². The number of Topliss-reactive ketones (excluding diaryl/α,β-unsaturated/α-hetero) is 1. The lowest BCUT2D eigenvalue weighted by Gasteiger charge is -2.65. The monoisotopic (exact) mass is 558 g/mol. The van der Waals surface area contributed by atoms with Crippen molar-refractivity contribution in [2.24, 2.45) is 39.9 Å². The molecule has 1 spiro atoms. The summed E-state index contributed by atoms with van der Waals surface area (Å²) in [4.78, 5) is 53.2. The number of aliphatic hydroxyl groups is 1. The van der Waals surface area contributed by atoms with Gasteiger partial charge in [0.2, 0.25) is 0 Å². The Morgan fingerprint density at radius 3 is 2.52 bits per heavy atom. The van der Waals surface area contributed by atoms with Crippen LogP contribution < -0.4 is 0 Å². The number of cyclic esters (lactones) is 1. The quantitative estimate of drug-likeness (QED) is 0.325. The lowest BCUT2D eigenvalue weighted by Crippen LogP contribution is -2.74. The number of aliphatic hydroxyl groups excluding tert-OH is 1. The molecular weight excluding hydrogens is 520 g/mol. The van der Waals surface area contributed by atoms with Crippen LogP contribution >= 0.6 is 0 Å². The Morgan fingerprint density at radius 1 is 1.18 bits per heavy atom. The molecule has 10 heteroatoms. The zero-order valence-corrected chi connectivity index (χ0v) is 23.8. The van der Waals surface area contributed by atoms with Gasteiger partial charge in [-0.3, -0.25) is 14.4 Å². The Hall–Kier alpha value is -2.72. The van der Waals surface area contributed by atoms with E-state index in [4.69, 9.17) is 23.4 Å². The van der Waals surface area contributed by atoms with Crippen LogP contribution in [0, 0.1) is 39.9 Å². The molecule has 0 aromatic carbocycles. The van der Waals surface area contributed by atoms with Gasteiger partial charge in [0.25, 0.3) is 0 Å². The summed E-state index contributed by atoms with van der Waals surface area (Å²) in [5.41, 5.74) is -2.83. The number of epoxide rings is 1. The number of carbonyl (C=O) groups excluding carboxylic acids is 4. The molecule has 0 unspecified atom stereocenters. The Balaban J connectivity index is 1.52. The number of hydrogen-bond acceptors (Lipinski definition) is 10. The summed E-state index contributed by atoms with van der Waals surface area (Å²) in [5, 5.41) is 11.5. The zero-order chi connectivity index (χ0) is 29.0. The van der Waals surface area contributed by atoms with E-state index in [0.717, 1.165) is 5.56 Å². The summed E-state index contributed by atoms with van der Waals surface area (Å²) in [5.74, 6) is -4.28. The molecule has 218 valence electrons. The fourth-order valence-corrected chi connectivity index (χ4v) is 9.73. The maximum Gasteiger partial charge on any atom is 0.335 e. The predicted molar refractivity (Wildman–Crippen MR) is 136 cm³/mol. The van der Waals surface area contributed by atoms with Gasteiger partial charge in [-0.05, 0) is 18.9 Å². The number of esters is 3. The first-order valence-electron chi connectivity index (χ1n) is 14.2. The third kappa shape index (κ3) is 3.23. The summed E-state index contributed by atoms with van der Waals surface area (Å²) in [6.07, 6.45) is 0.859. The van der Waals surface area contributed by atoms with Crippen molar-refractivity contribution in [2.75, 3.05) is 7.11 Å². The van der Waals surface area contributed by atoms with E-state index in [0.29, 0.717) is 12.8 Å². The van der Waals surface area contributed by atoms with Crippen LogP contribution in [0.1, 0.15) is 72.0 Å². The summed E-state index contributed by atoms with van der Waals surface area (Å²) >= 11 is 0. The van der Waals surface area contributed by atoms with Gasteiger partial charge in [-0.1, -0.05) is 34.6 Å². The van der Waals surface area contributed by atoms with Crippen molar-refractivity contribution in [3.8, 4) is 0 Å². The van der Waals surface area contributed by atoms with Crippen LogP contribution in [0.2, 0.25) is 0 Å². The van der Waals surface area contributed by atoms with Crippen LogP contribution in [0.3, 0.4) is 0 Å². The normalized spacial score (nSPS) is 45.2. The third-order valence-electron chi connectivity index (χ3n) is 11.3. The molecule has 1 N–H and O–H groups in total. The minimum atomic E-state index is -1.63. The van der Waals surface area contributed by atoms with Crippen LogP contribution in [0.5, 0.6) is 0 Å². The van der Waals surface area contributed by atoms with E-state index in [1.807, 2.05) is 20.8 Å². The van der Waals surface area contributed by atoms with Crippen molar-refractivity contribution >= 4 is 23.7 Å². The number of rotatable bonds is 5. The van der Waals surface area contributed by atoms with Crippen molar-refractivity contribution < 1.29 is 47.6 Å². The summed E-state index contributed by atoms with van der Waals surface area (Å²) in [7, 11) is 1.20. The molecule has 2 saturated heterocycles. The van der Waals surface area contributed by atoms with Gasteiger partial charge in [0.1, 0.15) is 29.7 Å². The van der Waals surface area contributed by atoms with Crippen LogP contribution in [-0.4, -0.2) is 59.8 Å². The molecule has 11 atom stereocenters. The molecular formula is C30H38O10. The van der Waals surface area contributed by atoms with Crippen molar-refractivity contribution in [3.05, 3.63) is 24.2 Å². The van der Waals surface area contributed by atoms with Crippen molar-refractivity contribution in [1.82, 2.24) is 0 Å². The van der Waals surface area contributed by atoms with E-state index in [1.165, 1.54) is 7.11 Å². The molecule has 5 fully saturated rings. The Morgan fingerprint density at radius 2 is 1.90 bits per heavy atom. The highest BCUT2D eigenvalue weighted by Gasteiger charge is 2.86. The smallest absolute Gasteiger partial charge is 0.335 e. The lowest BCUT2D eigenvalue weighted by molar-refractivity contribution is -0.232. The van der Waals surface area contributed by atoms with E-state index < -0.39 is 70.0 Å². The molecule has 40 heavy (non-hydrogen) atoms. The van der Waals surface area contributed by atoms with Crippen molar-refractivity contribution in [2.45, 2.75) is 90.3 Å².